The van der Waals surface area contributed by atoms with Crippen molar-refractivity contribution in [1.82, 2.24) is 4.90 Å². The first-order chi connectivity index (χ1) is 8.54. The maximum absolute atomic E-state index is 11.4. The number of carbonyl (C=O) groups is 1. The van der Waals surface area contributed by atoms with E-state index < -0.39 is 0 Å². The summed E-state index contributed by atoms with van der Waals surface area (Å²) in [4.78, 5) is 13.0. The molecule has 100 valence electrons. The van der Waals surface area contributed by atoms with Gasteiger partial charge < -0.3 is 15.4 Å². The molecule has 0 radical (unpaired) electrons. The molecule has 0 bridgehead atoms. The van der Waals surface area contributed by atoms with Crippen LogP contribution < -0.4 is 10.5 Å². The van der Waals surface area contributed by atoms with Crippen LogP contribution in [0.15, 0.2) is 18.2 Å². The number of hydrogen-bond donors (Lipinski definition) is 1. The van der Waals surface area contributed by atoms with Gasteiger partial charge in [-0.3, -0.25) is 4.79 Å². The summed E-state index contributed by atoms with van der Waals surface area (Å²) in [6.45, 7) is 0.892. The fraction of sp³-hybridized carbons (Fsp3) is 0.462. The van der Waals surface area contributed by atoms with Crippen molar-refractivity contribution in [2.45, 2.75) is 12.8 Å². The van der Waals surface area contributed by atoms with Gasteiger partial charge >= 0.3 is 0 Å². The summed E-state index contributed by atoms with van der Waals surface area (Å²) in [5, 5.41) is 0.662. The van der Waals surface area contributed by atoms with E-state index in [1.165, 1.54) is 0 Å². The Morgan fingerprint density at radius 3 is 2.78 bits per heavy atom. The number of benzene rings is 1. The van der Waals surface area contributed by atoms with Crippen molar-refractivity contribution in [2.24, 2.45) is 5.73 Å². The molecule has 1 amide bonds. The third-order valence-corrected chi connectivity index (χ3v) is 2.74. The standard InChI is InChI=1S/C13H19ClN2O2/c1-16(2)13(17)6-8-18-12-4-3-11(14)9-10(12)5-7-15/h3-4,9H,5-8,15H2,1-2H3. The summed E-state index contributed by atoms with van der Waals surface area (Å²) in [5.74, 6) is 0.792. The zero-order chi connectivity index (χ0) is 13.5. The zero-order valence-electron chi connectivity index (χ0n) is 10.8. The van der Waals surface area contributed by atoms with Gasteiger partial charge in [0.1, 0.15) is 5.75 Å². The number of hydrogen-bond acceptors (Lipinski definition) is 3. The van der Waals surface area contributed by atoms with Crippen LogP contribution in [0.4, 0.5) is 0 Å². The molecule has 1 aromatic carbocycles. The second-order valence-electron chi connectivity index (χ2n) is 4.18. The van der Waals surface area contributed by atoms with Gasteiger partial charge in [-0.2, -0.15) is 0 Å². The third kappa shape index (κ3) is 4.55. The van der Waals surface area contributed by atoms with Crippen LogP contribution in [0.25, 0.3) is 0 Å². The summed E-state index contributed by atoms with van der Waals surface area (Å²) in [6.07, 6.45) is 1.06. The van der Waals surface area contributed by atoms with Crippen LogP contribution in [-0.2, 0) is 11.2 Å². The van der Waals surface area contributed by atoms with E-state index in [0.29, 0.717) is 31.0 Å². The molecule has 4 nitrogen and oxygen atoms in total. The van der Waals surface area contributed by atoms with Crippen molar-refractivity contribution >= 4 is 17.5 Å². The van der Waals surface area contributed by atoms with Crippen molar-refractivity contribution in [3.05, 3.63) is 28.8 Å². The zero-order valence-corrected chi connectivity index (χ0v) is 11.5. The Morgan fingerprint density at radius 2 is 2.17 bits per heavy atom. The SMILES string of the molecule is CN(C)C(=O)CCOc1ccc(Cl)cc1CCN. The molecule has 2 N–H and O–H groups in total. The van der Waals surface area contributed by atoms with Crippen LogP contribution in [0.3, 0.4) is 0 Å². The molecule has 1 rings (SSSR count). The molecule has 0 saturated carbocycles. The molecule has 5 heteroatoms. The average molecular weight is 271 g/mol. The number of carbonyl (C=O) groups excluding carboxylic acids is 1. The van der Waals surface area contributed by atoms with Gasteiger partial charge in [0, 0.05) is 19.1 Å². The van der Waals surface area contributed by atoms with Crippen LogP contribution in [0.5, 0.6) is 5.75 Å². The smallest absolute Gasteiger partial charge is 0.225 e. The molecule has 0 aliphatic heterocycles. The average Bonchev–Trinajstić information content (AvgIpc) is 2.32. The molecule has 18 heavy (non-hydrogen) atoms. The molecule has 0 aliphatic rings. The number of nitrogens with two attached hydrogens (primary N) is 1. The molecule has 0 heterocycles. The minimum absolute atomic E-state index is 0.0457. The van der Waals surface area contributed by atoms with Crippen LogP contribution in [0.1, 0.15) is 12.0 Å². The topological polar surface area (TPSA) is 55.6 Å². The highest BCUT2D eigenvalue weighted by atomic mass is 35.5. The van der Waals surface area contributed by atoms with Crippen molar-refractivity contribution in [3.8, 4) is 5.75 Å². The van der Waals surface area contributed by atoms with E-state index in [4.69, 9.17) is 22.1 Å². The highest BCUT2D eigenvalue weighted by Gasteiger charge is 2.07. The molecular weight excluding hydrogens is 252 g/mol. The van der Waals surface area contributed by atoms with Crippen LogP contribution in [0.2, 0.25) is 5.02 Å². The molecule has 0 saturated heterocycles. The number of halogens is 1. The molecule has 0 unspecified atom stereocenters. The highest BCUT2D eigenvalue weighted by molar-refractivity contribution is 6.30. The Kier molecular flexibility index (Phi) is 5.95. The summed E-state index contributed by atoms with van der Waals surface area (Å²) >= 11 is 5.92. The third-order valence-electron chi connectivity index (χ3n) is 2.51. The van der Waals surface area contributed by atoms with E-state index in [0.717, 1.165) is 11.3 Å². The summed E-state index contributed by atoms with van der Waals surface area (Å²) in [5.41, 5.74) is 6.51. The first-order valence-electron chi connectivity index (χ1n) is 5.86. The van der Waals surface area contributed by atoms with Gasteiger partial charge in [-0.1, -0.05) is 11.6 Å². The van der Waals surface area contributed by atoms with Crippen molar-refractivity contribution in [3.63, 3.8) is 0 Å². The Morgan fingerprint density at radius 1 is 1.44 bits per heavy atom. The lowest BCUT2D eigenvalue weighted by molar-refractivity contribution is -0.129. The fourth-order valence-corrected chi connectivity index (χ4v) is 1.71. The Hall–Kier alpha value is -1.26. The van der Waals surface area contributed by atoms with Crippen LogP contribution in [-0.4, -0.2) is 38.1 Å². The molecular formula is C13H19ClN2O2. The van der Waals surface area contributed by atoms with Crippen molar-refractivity contribution in [1.29, 1.82) is 0 Å². The number of rotatable bonds is 6. The molecule has 0 atom stereocenters. The Balaban J connectivity index is 2.58. The van der Waals surface area contributed by atoms with E-state index in [-0.39, 0.29) is 5.91 Å². The minimum atomic E-state index is 0.0457. The van der Waals surface area contributed by atoms with Gasteiger partial charge in [-0.25, -0.2) is 0 Å². The highest BCUT2D eigenvalue weighted by Crippen LogP contribution is 2.23. The van der Waals surface area contributed by atoms with Gasteiger partial charge in [0.15, 0.2) is 0 Å². The minimum Gasteiger partial charge on any atom is -0.493 e. The second-order valence-corrected chi connectivity index (χ2v) is 4.61. The predicted molar refractivity (Wildman–Crippen MR) is 73.0 cm³/mol. The lowest BCUT2D eigenvalue weighted by Gasteiger charge is -2.13. The monoisotopic (exact) mass is 270 g/mol. The van der Waals surface area contributed by atoms with Gasteiger partial charge in [0.25, 0.3) is 0 Å². The summed E-state index contributed by atoms with van der Waals surface area (Å²) in [7, 11) is 3.45. The summed E-state index contributed by atoms with van der Waals surface area (Å²) in [6, 6.07) is 5.43. The van der Waals surface area contributed by atoms with Crippen molar-refractivity contribution < 1.29 is 9.53 Å². The number of amides is 1. The first kappa shape index (κ1) is 14.8. The lowest BCUT2D eigenvalue weighted by atomic mass is 10.1. The maximum Gasteiger partial charge on any atom is 0.225 e. The van der Waals surface area contributed by atoms with Gasteiger partial charge in [-0.05, 0) is 36.7 Å². The van der Waals surface area contributed by atoms with Crippen LogP contribution in [0, 0.1) is 0 Å². The predicted octanol–water partition coefficient (Wildman–Crippen LogP) is 1.70. The molecule has 0 spiro atoms. The maximum atomic E-state index is 11.4. The second kappa shape index (κ2) is 7.24. The number of nitrogens with zero attached hydrogens (tertiary/aromatic N) is 1. The normalized spacial score (nSPS) is 10.2. The van der Waals surface area contributed by atoms with E-state index in [1.807, 2.05) is 12.1 Å². The van der Waals surface area contributed by atoms with Crippen LogP contribution >= 0.6 is 11.6 Å². The molecule has 1 aromatic rings. The Labute approximate surface area is 113 Å². The lowest BCUT2D eigenvalue weighted by Crippen LogP contribution is -2.23. The largest absolute Gasteiger partial charge is 0.493 e. The van der Waals surface area contributed by atoms with E-state index in [2.05, 4.69) is 0 Å². The van der Waals surface area contributed by atoms with E-state index in [1.54, 1.807) is 25.1 Å². The van der Waals surface area contributed by atoms with Gasteiger partial charge in [0.2, 0.25) is 5.91 Å². The molecule has 0 fully saturated rings. The fourth-order valence-electron chi connectivity index (χ4n) is 1.51. The van der Waals surface area contributed by atoms with E-state index >= 15 is 0 Å². The molecule has 0 aliphatic carbocycles. The quantitative estimate of drug-likeness (QED) is 0.856. The van der Waals surface area contributed by atoms with Gasteiger partial charge in [-0.15, -0.1) is 0 Å². The first-order valence-corrected chi connectivity index (χ1v) is 6.24. The van der Waals surface area contributed by atoms with Gasteiger partial charge in [0.05, 0.1) is 13.0 Å². The molecule has 0 aromatic heterocycles. The summed E-state index contributed by atoms with van der Waals surface area (Å²) < 4.78 is 5.60. The number of ether oxygens (including phenoxy) is 1. The van der Waals surface area contributed by atoms with Crippen molar-refractivity contribution in [2.75, 3.05) is 27.2 Å². The van der Waals surface area contributed by atoms with E-state index in [9.17, 15) is 4.79 Å². The Bertz CT molecular complexity index is 408.